The Morgan fingerprint density at radius 2 is 2.19 bits per heavy atom. The predicted molar refractivity (Wildman–Crippen MR) is 105 cm³/mol. The third-order valence-corrected chi connectivity index (χ3v) is 5.40. The molecule has 0 radical (unpaired) electrons. The van der Waals surface area contributed by atoms with Crippen LogP contribution in [0.2, 0.25) is 0 Å². The molecule has 1 amide bonds. The van der Waals surface area contributed by atoms with Crippen molar-refractivity contribution in [3.05, 3.63) is 29.7 Å². The van der Waals surface area contributed by atoms with Gasteiger partial charge in [0.2, 0.25) is 0 Å². The van der Waals surface area contributed by atoms with Gasteiger partial charge >= 0.3 is 0 Å². The summed E-state index contributed by atoms with van der Waals surface area (Å²) >= 11 is 0. The Kier molecular flexibility index (Phi) is 6.72. The first-order chi connectivity index (χ1) is 13.1. The van der Waals surface area contributed by atoms with Crippen molar-refractivity contribution in [2.24, 2.45) is 5.92 Å². The number of aliphatic hydroxyl groups is 1. The maximum absolute atomic E-state index is 12.8. The molecule has 2 aromatic heterocycles. The van der Waals surface area contributed by atoms with Crippen molar-refractivity contribution < 1.29 is 14.6 Å². The lowest BCUT2D eigenvalue weighted by atomic mass is 9.90. The molecule has 2 N–H and O–H groups in total. The molecule has 0 saturated heterocycles. The molecule has 0 aromatic carbocycles. The van der Waals surface area contributed by atoms with Crippen molar-refractivity contribution >= 4 is 11.6 Å². The Labute approximate surface area is 160 Å². The second kappa shape index (κ2) is 9.22. The highest BCUT2D eigenvalue weighted by atomic mass is 16.5. The number of carbonyl (C=O) groups excluding carboxylic acids is 1. The van der Waals surface area contributed by atoms with Crippen LogP contribution in [0.15, 0.2) is 18.3 Å². The average molecular weight is 373 g/mol. The van der Waals surface area contributed by atoms with Crippen molar-refractivity contribution in [1.82, 2.24) is 14.7 Å². The SMILES string of the molecule is CCC[C@H](CO)NC(=O)c1c(C)nc2c(OCC3CCCCC3)cccn12. The van der Waals surface area contributed by atoms with Gasteiger partial charge in [-0.3, -0.25) is 9.20 Å². The Bertz CT molecular complexity index is 765. The van der Waals surface area contributed by atoms with Crippen LogP contribution in [0, 0.1) is 12.8 Å². The van der Waals surface area contributed by atoms with Gasteiger partial charge in [0, 0.05) is 6.20 Å². The van der Waals surface area contributed by atoms with E-state index >= 15 is 0 Å². The quantitative estimate of drug-likeness (QED) is 0.743. The molecule has 1 aliphatic rings. The number of aryl methyl sites for hydroxylation is 1. The molecule has 2 heterocycles. The van der Waals surface area contributed by atoms with Crippen LogP contribution in [0.3, 0.4) is 0 Å². The van der Waals surface area contributed by atoms with Crippen LogP contribution < -0.4 is 10.1 Å². The highest BCUT2D eigenvalue weighted by Gasteiger charge is 2.21. The molecule has 1 saturated carbocycles. The highest BCUT2D eigenvalue weighted by molar-refractivity contribution is 5.95. The molecule has 0 bridgehead atoms. The topological polar surface area (TPSA) is 75.9 Å². The average Bonchev–Trinajstić information content (AvgIpc) is 3.03. The summed E-state index contributed by atoms with van der Waals surface area (Å²) in [5.74, 6) is 1.12. The minimum atomic E-state index is -0.238. The summed E-state index contributed by atoms with van der Waals surface area (Å²) in [5, 5.41) is 12.4. The first-order valence-corrected chi connectivity index (χ1v) is 10.2. The number of aliphatic hydroxyl groups excluding tert-OH is 1. The van der Waals surface area contributed by atoms with Gasteiger partial charge in [-0.2, -0.15) is 0 Å². The van der Waals surface area contributed by atoms with Gasteiger partial charge in [0.05, 0.1) is 24.9 Å². The molecule has 0 unspecified atom stereocenters. The standard InChI is InChI=1S/C21H31N3O3/c1-3-8-17(13-25)23-21(26)19-15(2)22-20-18(11-7-12-24(19)20)27-14-16-9-5-4-6-10-16/h7,11-12,16-17,25H,3-6,8-10,13-14H2,1-2H3,(H,23,26)/t17-/m1/s1. The number of hydrogen-bond donors (Lipinski definition) is 2. The molecule has 2 aromatic rings. The summed E-state index contributed by atoms with van der Waals surface area (Å²) in [6.07, 6.45) is 9.84. The van der Waals surface area contributed by atoms with Gasteiger partial charge in [0.1, 0.15) is 5.69 Å². The van der Waals surface area contributed by atoms with Gasteiger partial charge < -0.3 is 15.2 Å². The number of amides is 1. The Balaban J connectivity index is 1.79. The van der Waals surface area contributed by atoms with Crippen molar-refractivity contribution in [2.45, 2.75) is 64.8 Å². The Morgan fingerprint density at radius 1 is 1.41 bits per heavy atom. The zero-order valence-electron chi connectivity index (χ0n) is 16.4. The van der Waals surface area contributed by atoms with Crippen LogP contribution in [0.25, 0.3) is 5.65 Å². The minimum Gasteiger partial charge on any atom is -0.489 e. The second-order valence-electron chi connectivity index (χ2n) is 7.57. The summed E-state index contributed by atoms with van der Waals surface area (Å²) < 4.78 is 7.89. The first-order valence-electron chi connectivity index (χ1n) is 10.2. The van der Waals surface area contributed by atoms with Gasteiger partial charge in [-0.25, -0.2) is 4.98 Å². The van der Waals surface area contributed by atoms with E-state index in [1.54, 1.807) is 4.40 Å². The van der Waals surface area contributed by atoms with E-state index in [0.29, 0.717) is 29.6 Å². The fraction of sp³-hybridized carbons (Fsp3) is 0.619. The molecule has 0 aliphatic heterocycles. The number of pyridine rings is 1. The van der Waals surface area contributed by atoms with Gasteiger partial charge in [0.25, 0.3) is 5.91 Å². The third-order valence-electron chi connectivity index (χ3n) is 5.40. The molecular formula is C21H31N3O3. The Hall–Kier alpha value is -2.08. The molecule has 1 aliphatic carbocycles. The zero-order valence-corrected chi connectivity index (χ0v) is 16.4. The molecule has 0 spiro atoms. The van der Waals surface area contributed by atoms with E-state index in [0.717, 1.165) is 18.6 Å². The number of ether oxygens (including phenoxy) is 1. The molecule has 1 atom stereocenters. The van der Waals surface area contributed by atoms with Crippen molar-refractivity contribution in [2.75, 3.05) is 13.2 Å². The van der Waals surface area contributed by atoms with Crippen LogP contribution in [0.5, 0.6) is 5.75 Å². The van der Waals surface area contributed by atoms with Gasteiger partial charge in [-0.15, -0.1) is 0 Å². The number of imidazole rings is 1. The van der Waals surface area contributed by atoms with E-state index in [1.165, 1.54) is 32.1 Å². The van der Waals surface area contributed by atoms with E-state index in [2.05, 4.69) is 10.3 Å². The number of hydrogen-bond acceptors (Lipinski definition) is 4. The van der Waals surface area contributed by atoms with E-state index in [4.69, 9.17) is 4.74 Å². The number of aromatic nitrogens is 2. The number of nitrogens with one attached hydrogen (secondary N) is 1. The summed E-state index contributed by atoms with van der Waals surface area (Å²) in [5.41, 5.74) is 1.84. The van der Waals surface area contributed by atoms with Crippen LogP contribution in [-0.4, -0.2) is 39.7 Å². The fourth-order valence-electron chi connectivity index (χ4n) is 3.91. The van der Waals surface area contributed by atoms with Gasteiger partial charge in [-0.1, -0.05) is 32.6 Å². The number of fused-ring (bicyclic) bond motifs is 1. The fourth-order valence-corrected chi connectivity index (χ4v) is 3.91. The minimum absolute atomic E-state index is 0.0644. The molecule has 1 fully saturated rings. The van der Waals surface area contributed by atoms with Crippen LogP contribution in [0.4, 0.5) is 0 Å². The molecule has 3 rings (SSSR count). The molecular weight excluding hydrogens is 342 g/mol. The number of carbonyl (C=O) groups is 1. The number of nitrogens with zero attached hydrogens (tertiary/aromatic N) is 2. The van der Waals surface area contributed by atoms with Crippen molar-refractivity contribution in [3.63, 3.8) is 0 Å². The van der Waals surface area contributed by atoms with E-state index in [-0.39, 0.29) is 18.6 Å². The van der Waals surface area contributed by atoms with E-state index in [1.807, 2.05) is 32.2 Å². The number of rotatable bonds is 8. The second-order valence-corrected chi connectivity index (χ2v) is 7.57. The zero-order chi connectivity index (χ0) is 19.2. The predicted octanol–water partition coefficient (Wildman–Crippen LogP) is 3.49. The maximum atomic E-state index is 12.8. The summed E-state index contributed by atoms with van der Waals surface area (Å²) in [7, 11) is 0. The largest absolute Gasteiger partial charge is 0.489 e. The summed E-state index contributed by atoms with van der Waals surface area (Å²) in [6, 6.07) is 3.56. The van der Waals surface area contributed by atoms with E-state index < -0.39 is 0 Å². The lowest BCUT2D eigenvalue weighted by molar-refractivity contribution is 0.0906. The van der Waals surface area contributed by atoms with Crippen molar-refractivity contribution in [1.29, 1.82) is 0 Å². The molecule has 27 heavy (non-hydrogen) atoms. The normalized spacial score (nSPS) is 16.4. The summed E-state index contributed by atoms with van der Waals surface area (Å²) in [4.78, 5) is 17.4. The highest BCUT2D eigenvalue weighted by Crippen LogP contribution is 2.27. The summed E-state index contributed by atoms with van der Waals surface area (Å²) in [6.45, 7) is 4.51. The molecule has 6 nitrogen and oxygen atoms in total. The lowest BCUT2D eigenvalue weighted by Gasteiger charge is -2.21. The molecule has 6 heteroatoms. The smallest absolute Gasteiger partial charge is 0.270 e. The maximum Gasteiger partial charge on any atom is 0.270 e. The van der Waals surface area contributed by atoms with Crippen LogP contribution >= 0.6 is 0 Å². The van der Waals surface area contributed by atoms with E-state index in [9.17, 15) is 9.90 Å². The lowest BCUT2D eigenvalue weighted by Crippen LogP contribution is -2.38. The third kappa shape index (κ3) is 4.61. The van der Waals surface area contributed by atoms with Gasteiger partial charge in [-0.05, 0) is 44.2 Å². The van der Waals surface area contributed by atoms with Crippen LogP contribution in [-0.2, 0) is 0 Å². The molecule has 148 valence electrons. The van der Waals surface area contributed by atoms with Gasteiger partial charge in [0.15, 0.2) is 11.4 Å². The Morgan fingerprint density at radius 3 is 2.89 bits per heavy atom. The van der Waals surface area contributed by atoms with Crippen molar-refractivity contribution in [3.8, 4) is 5.75 Å². The first kappa shape index (κ1) is 19.7. The van der Waals surface area contributed by atoms with Crippen LogP contribution in [0.1, 0.15) is 68.1 Å². The monoisotopic (exact) mass is 373 g/mol.